The molecule has 29 heavy (non-hydrogen) atoms. The van der Waals surface area contributed by atoms with E-state index in [9.17, 15) is 23.8 Å². The molecule has 0 radical (unpaired) electrons. The lowest BCUT2D eigenvalue weighted by molar-refractivity contribution is -0.142. The molecule has 2 unspecified atom stereocenters. The van der Waals surface area contributed by atoms with Crippen molar-refractivity contribution in [2.45, 2.75) is 38.1 Å². The standard InChI is InChI=1S/C19H26NO8P/c21-17(11-14-5-2-1-3-6-14)20-10-4-7-16(20)12-28-29(26,27)13-15(19(24)25)8-9-18(22)23/h1-3,5-6,15-16H,4,7-13H2,(H,22,23)(H,24,25)(H,26,27)/t15?,16-/m0/s1. The number of hydrogen-bond donors (Lipinski definition) is 3. The predicted octanol–water partition coefficient (Wildman–Crippen LogP) is 1.99. The second-order valence-electron chi connectivity index (χ2n) is 7.13. The molecule has 1 amide bonds. The van der Waals surface area contributed by atoms with Gasteiger partial charge in [-0.1, -0.05) is 30.3 Å². The Bertz CT molecular complexity index is 769. The molecule has 3 N–H and O–H groups in total. The number of hydrogen-bond acceptors (Lipinski definition) is 5. The molecule has 1 aliphatic rings. The molecule has 1 heterocycles. The highest BCUT2D eigenvalue weighted by Crippen LogP contribution is 2.45. The first-order valence-corrected chi connectivity index (χ1v) is 11.2. The molecule has 0 aromatic heterocycles. The second kappa shape index (κ2) is 10.5. The van der Waals surface area contributed by atoms with Crippen molar-refractivity contribution in [3.05, 3.63) is 35.9 Å². The summed E-state index contributed by atoms with van der Waals surface area (Å²) in [5.41, 5.74) is 0.875. The Labute approximate surface area is 168 Å². The average Bonchev–Trinajstić information content (AvgIpc) is 3.13. The van der Waals surface area contributed by atoms with Crippen molar-refractivity contribution in [2.75, 3.05) is 19.3 Å². The first-order chi connectivity index (χ1) is 13.7. The number of amides is 1. The van der Waals surface area contributed by atoms with Crippen LogP contribution in [0.25, 0.3) is 0 Å². The van der Waals surface area contributed by atoms with Gasteiger partial charge in [0.05, 0.1) is 31.1 Å². The summed E-state index contributed by atoms with van der Waals surface area (Å²) < 4.78 is 17.5. The maximum Gasteiger partial charge on any atom is 0.329 e. The fraction of sp³-hybridized carbons (Fsp3) is 0.526. The molecule has 1 aliphatic heterocycles. The van der Waals surface area contributed by atoms with E-state index in [1.54, 1.807) is 4.90 Å². The van der Waals surface area contributed by atoms with Crippen LogP contribution in [-0.4, -0.2) is 63.2 Å². The van der Waals surface area contributed by atoms with Gasteiger partial charge < -0.3 is 24.5 Å². The Morgan fingerprint density at radius 3 is 2.52 bits per heavy atom. The van der Waals surface area contributed by atoms with Crippen LogP contribution < -0.4 is 0 Å². The van der Waals surface area contributed by atoms with Gasteiger partial charge in [0.2, 0.25) is 5.91 Å². The largest absolute Gasteiger partial charge is 0.481 e. The van der Waals surface area contributed by atoms with Gasteiger partial charge in [-0.05, 0) is 24.8 Å². The van der Waals surface area contributed by atoms with Crippen LogP contribution in [0.5, 0.6) is 0 Å². The summed E-state index contributed by atoms with van der Waals surface area (Å²) >= 11 is 0. The highest BCUT2D eigenvalue weighted by atomic mass is 31.2. The van der Waals surface area contributed by atoms with Gasteiger partial charge >= 0.3 is 19.5 Å². The van der Waals surface area contributed by atoms with Gasteiger partial charge in [-0.2, -0.15) is 0 Å². The Kier molecular flexibility index (Phi) is 8.37. The van der Waals surface area contributed by atoms with Crippen LogP contribution in [0.1, 0.15) is 31.2 Å². The maximum atomic E-state index is 12.6. The smallest absolute Gasteiger partial charge is 0.329 e. The van der Waals surface area contributed by atoms with Crippen molar-refractivity contribution in [2.24, 2.45) is 5.92 Å². The van der Waals surface area contributed by atoms with Gasteiger partial charge in [0, 0.05) is 13.0 Å². The zero-order valence-corrected chi connectivity index (χ0v) is 16.9. The normalized spacial score (nSPS) is 19.5. The molecule has 160 valence electrons. The third-order valence-electron chi connectivity index (χ3n) is 4.87. The number of likely N-dealkylation sites (tertiary alicyclic amines) is 1. The van der Waals surface area contributed by atoms with Gasteiger partial charge in [0.1, 0.15) is 0 Å². The Hall–Kier alpha value is -2.22. The topological polar surface area (TPSA) is 141 Å². The monoisotopic (exact) mass is 427 g/mol. The van der Waals surface area contributed by atoms with Crippen LogP contribution in [0.4, 0.5) is 0 Å². The zero-order valence-electron chi connectivity index (χ0n) is 16.0. The molecule has 1 aromatic rings. The first-order valence-electron chi connectivity index (χ1n) is 9.42. The first kappa shape index (κ1) is 23.1. The van der Waals surface area contributed by atoms with Crippen molar-refractivity contribution >= 4 is 25.4 Å². The van der Waals surface area contributed by atoms with Crippen molar-refractivity contribution in [1.82, 2.24) is 4.90 Å². The molecule has 0 aliphatic carbocycles. The third kappa shape index (κ3) is 7.61. The minimum atomic E-state index is -4.25. The molecule has 3 atom stereocenters. The summed E-state index contributed by atoms with van der Waals surface area (Å²) in [6.45, 7) is 0.366. The fourth-order valence-corrected chi connectivity index (χ4v) is 4.74. The van der Waals surface area contributed by atoms with Gasteiger partial charge in [-0.3, -0.25) is 18.9 Å². The molecule has 1 saturated heterocycles. The average molecular weight is 427 g/mol. The van der Waals surface area contributed by atoms with Crippen molar-refractivity contribution < 1.29 is 38.6 Å². The van der Waals surface area contributed by atoms with E-state index in [0.29, 0.717) is 13.0 Å². The van der Waals surface area contributed by atoms with Gasteiger partial charge in [0.15, 0.2) is 0 Å². The number of rotatable bonds is 11. The lowest BCUT2D eigenvalue weighted by atomic mass is 10.1. The molecule has 0 spiro atoms. The van der Waals surface area contributed by atoms with Crippen LogP contribution in [0, 0.1) is 5.92 Å². The van der Waals surface area contributed by atoms with E-state index in [-0.39, 0.29) is 31.4 Å². The molecule has 0 bridgehead atoms. The van der Waals surface area contributed by atoms with Crippen molar-refractivity contribution in [3.63, 3.8) is 0 Å². The van der Waals surface area contributed by atoms with E-state index in [0.717, 1.165) is 12.0 Å². The van der Waals surface area contributed by atoms with E-state index in [1.165, 1.54) is 0 Å². The quantitative estimate of drug-likeness (QED) is 0.455. The molecular weight excluding hydrogens is 401 g/mol. The fourth-order valence-electron chi connectivity index (χ4n) is 3.33. The van der Waals surface area contributed by atoms with E-state index < -0.39 is 38.0 Å². The molecule has 9 nitrogen and oxygen atoms in total. The molecule has 2 rings (SSSR count). The number of benzene rings is 1. The van der Waals surface area contributed by atoms with E-state index in [2.05, 4.69) is 0 Å². The summed E-state index contributed by atoms with van der Waals surface area (Å²) in [4.78, 5) is 46.1. The molecule has 1 aromatic carbocycles. The van der Waals surface area contributed by atoms with E-state index in [4.69, 9.17) is 14.7 Å². The molecule has 0 saturated carbocycles. The Morgan fingerprint density at radius 2 is 1.90 bits per heavy atom. The summed E-state index contributed by atoms with van der Waals surface area (Å²) in [5.74, 6) is -3.91. The number of carbonyl (C=O) groups is 3. The highest BCUT2D eigenvalue weighted by Gasteiger charge is 2.34. The second-order valence-corrected chi connectivity index (χ2v) is 9.03. The van der Waals surface area contributed by atoms with Gasteiger partial charge in [-0.15, -0.1) is 0 Å². The van der Waals surface area contributed by atoms with Crippen molar-refractivity contribution in [1.29, 1.82) is 0 Å². The summed E-state index contributed by atoms with van der Waals surface area (Å²) in [7, 11) is -4.25. The van der Waals surface area contributed by atoms with Crippen molar-refractivity contribution in [3.8, 4) is 0 Å². The van der Waals surface area contributed by atoms with Gasteiger partial charge in [-0.25, -0.2) is 0 Å². The predicted molar refractivity (Wildman–Crippen MR) is 104 cm³/mol. The Morgan fingerprint density at radius 1 is 1.21 bits per heavy atom. The number of carbonyl (C=O) groups excluding carboxylic acids is 1. The highest BCUT2D eigenvalue weighted by molar-refractivity contribution is 7.52. The lowest BCUT2D eigenvalue weighted by Crippen LogP contribution is -2.39. The summed E-state index contributed by atoms with van der Waals surface area (Å²) in [6.07, 6.45) is 0.262. The Balaban J connectivity index is 1.90. The van der Waals surface area contributed by atoms with Crippen LogP contribution in [0.2, 0.25) is 0 Å². The molecule has 1 fully saturated rings. The number of aliphatic carboxylic acids is 2. The maximum absolute atomic E-state index is 12.6. The summed E-state index contributed by atoms with van der Waals surface area (Å²) in [6, 6.07) is 8.90. The van der Waals surface area contributed by atoms with E-state index in [1.807, 2.05) is 30.3 Å². The van der Waals surface area contributed by atoms with Crippen LogP contribution >= 0.6 is 7.60 Å². The van der Waals surface area contributed by atoms with Crippen LogP contribution in [-0.2, 0) is 29.9 Å². The number of nitrogens with zero attached hydrogens (tertiary/aromatic N) is 1. The van der Waals surface area contributed by atoms with Crippen LogP contribution in [0.3, 0.4) is 0 Å². The van der Waals surface area contributed by atoms with Gasteiger partial charge in [0.25, 0.3) is 0 Å². The molecule has 10 heteroatoms. The third-order valence-corrected chi connectivity index (χ3v) is 6.33. The SMILES string of the molecule is O=C(O)CCC(CP(=O)(O)OC[C@@H]1CCCN1C(=O)Cc1ccccc1)C(=O)O. The number of carboxylic acids is 2. The molecular formula is C19H26NO8P. The van der Waals surface area contributed by atoms with E-state index >= 15 is 0 Å². The van der Waals surface area contributed by atoms with Crippen LogP contribution in [0.15, 0.2) is 30.3 Å². The summed E-state index contributed by atoms with van der Waals surface area (Å²) in [5, 5.41) is 17.8. The minimum Gasteiger partial charge on any atom is -0.481 e. The minimum absolute atomic E-state index is 0.0973. The zero-order chi connectivity index (χ0) is 21.4. The number of carboxylic acid groups (broad SMARTS) is 2. The lowest BCUT2D eigenvalue weighted by Gasteiger charge is -2.26.